The van der Waals surface area contributed by atoms with E-state index in [4.69, 9.17) is 20.9 Å². The number of pyridine rings is 1. The van der Waals surface area contributed by atoms with Crippen molar-refractivity contribution in [3.63, 3.8) is 0 Å². The summed E-state index contributed by atoms with van der Waals surface area (Å²) in [6.07, 6.45) is 3.15. The van der Waals surface area contributed by atoms with Gasteiger partial charge in [-0.2, -0.15) is 10.1 Å². The van der Waals surface area contributed by atoms with Crippen molar-refractivity contribution in [3.8, 4) is 28.5 Å². The number of anilines is 1. The zero-order valence-electron chi connectivity index (χ0n) is 17.9. The maximum absolute atomic E-state index is 12.2. The van der Waals surface area contributed by atoms with Crippen molar-refractivity contribution < 1.29 is 14.3 Å². The van der Waals surface area contributed by atoms with Crippen molar-refractivity contribution in [3.05, 3.63) is 47.9 Å². The maximum atomic E-state index is 12.2. The molecule has 0 aliphatic rings. The smallest absolute Gasteiger partial charge is 0.317 e. The number of nitrogens with one attached hydrogen (secondary N) is 1. The summed E-state index contributed by atoms with van der Waals surface area (Å²) in [4.78, 5) is 25.1. The van der Waals surface area contributed by atoms with E-state index in [1.54, 1.807) is 31.6 Å². The third kappa shape index (κ3) is 3.95. The Kier molecular flexibility index (Phi) is 5.69. The summed E-state index contributed by atoms with van der Waals surface area (Å²) in [5.74, 6) is -0.734. The van der Waals surface area contributed by atoms with Crippen LogP contribution in [0, 0.1) is 6.92 Å². The second-order valence-corrected chi connectivity index (χ2v) is 7.35. The van der Waals surface area contributed by atoms with Gasteiger partial charge in [-0.15, -0.1) is 0 Å². The molecule has 3 heterocycles. The zero-order chi connectivity index (χ0) is 22.8. The molecule has 0 radical (unpaired) electrons. The summed E-state index contributed by atoms with van der Waals surface area (Å²) in [6.45, 7) is 4.11. The number of nitrogen functional groups attached to an aromatic ring is 1. The number of rotatable bonds is 7. The first kappa shape index (κ1) is 21.2. The van der Waals surface area contributed by atoms with Crippen LogP contribution in [0.25, 0.3) is 33.4 Å². The lowest BCUT2D eigenvalue weighted by Gasteiger charge is -2.15. The number of fused-ring (bicyclic) bond motifs is 1. The number of amides is 1. The summed E-state index contributed by atoms with van der Waals surface area (Å²) in [5.41, 5.74) is 16.2. The number of aryl methyl sites for hydroxylation is 1. The summed E-state index contributed by atoms with van der Waals surface area (Å²) < 4.78 is 10.8. The van der Waals surface area contributed by atoms with E-state index in [2.05, 4.69) is 25.1 Å². The summed E-state index contributed by atoms with van der Waals surface area (Å²) in [5, 5.41) is 7.94. The van der Waals surface area contributed by atoms with Crippen LogP contribution in [0.15, 0.2) is 36.7 Å². The molecule has 164 valence electrons. The topological polar surface area (TPSA) is 155 Å². The van der Waals surface area contributed by atoms with Crippen LogP contribution in [0.2, 0.25) is 0 Å². The van der Waals surface area contributed by atoms with Gasteiger partial charge in [0.05, 0.1) is 34.9 Å². The van der Waals surface area contributed by atoms with Gasteiger partial charge in [0.1, 0.15) is 6.61 Å². The number of nitrogens with zero attached hydrogens (tertiary/aromatic N) is 4. The van der Waals surface area contributed by atoms with Gasteiger partial charge in [0.15, 0.2) is 5.69 Å². The molecule has 0 bridgehead atoms. The largest absolute Gasteiger partial charge is 0.461 e. The highest BCUT2D eigenvalue weighted by Crippen LogP contribution is 2.37. The molecular weight excluding hydrogens is 410 g/mol. The summed E-state index contributed by atoms with van der Waals surface area (Å²) in [6, 6.07) is 7.50. The molecule has 0 saturated heterocycles. The molecule has 1 aromatic carbocycles. The average molecular weight is 433 g/mol. The highest BCUT2D eigenvalue weighted by atomic mass is 16.5. The van der Waals surface area contributed by atoms with E-state index in [0.717, 1.165) is 22.0 Å². The molecule has 1 amide bonds. The first-order valence-electron chi connectivity index (χ1n) is 9.91. The van der Waals surface area contributed by atoms with Gasteiger partial charge in [0, 0.05) is 24.3 Å². The Morgan fingerprint density at radius 2 is 2.03 bits per heavy atom. The quantitative estimate of drug-likeness (QED) is 0.401. The number of aromatic amines is 1. The number of carbonyl (C=O) groups excluding carboxylic acids is 1. The predicted molar refractivity (Wildman–Crippen MR) is 120 cm³/mol. The number of aromatic nitrogens is 5. The fourth-order valence-electron chi connectivity index (χ4n) is 3.38. The lowest BCUT2D eigenvalue weighted by atomic mass is 9.94. The molecule has 0 aliphatic carbocycles. The van der Waals surface area contributed by atoms with E-state index >= 15 is 0 Å². The Balaban J connectivity index is 1.87. The van der Waals surface area contributed by atoms with E-state index in [-0.39, 0.29) is 30.1 Å². The van der Waals surface area contributed by atoms with Crippen molar-refractivity contribution in [1.29, 1.82) is 0 Å². The van der Waals surface area contributed by atoms with Crippen molar-refractivity contribution in [2.24, 2.45) is 5.73 Å². The lowest BCUT2D eigenvalue weighted by Crippen LogP contribution is -2.18. The van der Waals surface area contributed by atoms with E-state index in [1.165, 1.54) is 0 Å². The van der Waals surface area contributed by atoms with Crippen LogP contribution in [0.5, 0.6) is 6.01 Å². The number of nitrogens with two attached hydrogens (primary N) is 2. The predicted octanol–water partition coefficient (Wildman–Crippen LogP) is 2.49. The number of hydrogen-bond donors (Lipinski definition) is 3. The SMILES string of the molecule is COC(C)COc1nccc(-c2cc(-c3c(C)ccc4[nH]ncc34)c(N)c(C(N)=O)n2)n1. The van der Waals surface area contributed by atoms with Gasteiger partial charge >= 0.3 is 6.01 Å². The molecule has 4 aromatic rings. The fraction of sp³-hybridized carbons (Fsp3) is 0.227. The Morgan fingerprint density at radius 1 is 1.22 bits per heavy atom. The van der Waals surface area contributed by atoms with Crippen molar-refractivity contribution in [2.75, 3.05) is 19.5 Å². The normalized spacial score (nSPS) is 12.1. The van der Waals surface area contributed by atoms with Gasteiger partial charge in [-0.05, 0) is 43.2 Å². The third-order valence-corrected chi connectivity index (χ3v) is 5.14. The minimum absolute atomic E-state index is 0.0357. The van der Waals surface area contributed by atoms with E-state index in [0.29, 0.717) is 17.0 Å². The number of H-pyrrole nitrogens is 1. The molecule has 0 fully saturated rings. The maximum Gasteiger partial charge on any atom is 0.317 e. The van der Waals surface area contributed by atoms with Crippen LogP contribution in [0.3, 0.4) is 0 Å². The highest BCUT2D eigenvalue weighted by Gasteiger charge is 2.20. The Bertz CT molecular complexity index is 1300. The molecule has 10 heteroatoms. The Hall–Kier alpha value is -4.05. The first-order chi connectivity index (χ1) is 15.4. The van der Waals surface area contributed by atoms with Gasteiger partial charge in [0.25, 0.3) is 5.91 Å². The molecule has 5 N–H and O–H groups in total. The van der Waals surface area contributed by atoms with Crippen LogP contribution in [-0.4, -0.2) is 50.9 Å². The first-order valence-corrected chi connectivity index (χ1v) is 9.91. The van der Waals surface area contributed by atoms with Crippen LogP contribution in [-0.2, 0) is 4.74 Å². The average Bonchev–Trinajstić information content (AvgIpc) is 3.26. The van der Waals surface area contributed by atoms with Gasteiger partial charge in [-0.25, -0.2) is 9.97 Å². The fourth-order valence-corrected chi connectivity index (χ4v) is 3.38. The number of ether oxygens (including phenoxy) is 2. The minimum Gasteiger partial charge on any atom is -0.461 e. The van der Waals surface area contributed by atoms with Gasteiger partial charge in [-0.3, -0.25) is 9.89 Å². The molecule has 0 spiro atoms. The molecule has 32 heavy (non-hydrogen) atoms. The number of carbonyl (C=O) groups is 1. The molecule has 3 aromatic heterocycles. The van der Waals surface area contributed by atoms with Crippen LogP contribution < -0.4 is 16.2 Å². The molecule has 1 unspecified atom stereocenters. The van der Waals surface area contributed by atoms with Gasteiger partial charge in [-0.1, -0.05) is 6.07 Å². The lowest BCUT2D eigenvalue weighted by molar-refractivity contribution is 0.0680. The number of hydrogen-bond acceptors (Lipinski definition) is 8. The van der Waals surface area contributed by atoms with E-state index in [1.807, 2.05) is 26.0 Å². The third-order valence-electron chi connectivity index (χ3n) is 5.14. The molecule has 10 nitrogen and oxygen atoms in total. The second-order valence-electron chi connectivity index (χ2n) is 7.35. The molecule has 0 saturated carbocycles. The van der Waals surface area contributed by atoms with Gasteiger partial charge < -0.3 is 20.9 Å². The van der Waals surface area contributed by atoms with Crippen molar-refractivity contribution >= 4 is 22.5 Å². The second kappa shape index (κ2) is 8.60. The van der Waals surface area contributed by atoms with Crippen LogP contribution >= 0.6 is 0 Å². The van der Waals surface area contributed by atoms with Crippen molar-refractivity contribution in [2.45, 2.75) is 20.0 Å². The molecule has 0 aliphatic heterocycles. The van der Waals surface area contributed by atoms with Crippen molar-refractivity contribution in [1.82, 2.24) is 25.1 Å². The summed E-state index contributed by atoms with van der Waals surface area (Å²) >= 11 is 0. The minimum atomic E-state index is -0.734. The van der Waals surface area contributed by atoms with E-state index < -0.39 is 5.91 Å². The van der Waals surface area contributed by atoms with Crippen LogP contribution in [0.4, 0.5) is 5.69 Å². The molecule has 4 rings (SSSR count). The van der Waals surface area contributed by atoms with Crippen LogP contribution in [0.1, 0.15) is 23.0 Å². The van der Waals surface area contributed by atoms with Gasteiger partial charge in [0.2, 0.25) is 0 Å². The molecule has 1 atom stereocenters. The number of primary amides is 1. The number of methoxy groups -OCH3 is 1. The molecular formula is C22H23N7O3. The summed E-state index contributed by atoms with van der Waals surface area (Å²) in [7, 11) is 1.60. The Labute approximate surface area is 184 Å². The standard InChI is InChI=1S/C22H23N7O3/c1-11-4-5-15-14(9-26-29-15)18(11)13-8-17(27-20(19(13)23)21(24)30)16-6-7-25-22(28-16)32-10-12(2)31-3/h4-9,12H,10,23H2,1-3H3,(H2,24,30)(H,26,29). The zero-order valence-corrected chi connectivity index (χ0v) is 17.9. The van der Waals surface area contributed by atoms with E-state index in [9.17, 15) is 4.79 Å². The highest BCUT2D eigenvalue weighted by molar-refractivity contribution is 6.05. The number of benzene rings is 1. The monoisotopic (exact) mass is 433 g/mol. The Morgan fingerprint density at radius 3 is 2.78 bits per heavy atom.